The minimum Gasteiger partial charge on any atom is -0.399 e. The van der Waals surface area contributed by atoms with Crippen LogP contribution in [0.5, 0.6) is 0 Å². The van der Waals surface area contributed by atoms with Gasteiger partial charge in [0.2, 0.25) is 0 Å². The molecule has 0 aromatic heterocycles. The zero-order valence-corrected chi connectivity index (χ0v) is 24.7. The molecule has 45 heavy (non-hydrogen) atoms. The van der Waals surface area contributed by atoms with Gasteiger partial charge in [0.1, 0.15) is 14.7 Å². The molecule has 5 rings (SSSR count). The van der Waals surface area contributed by atoms with Crippen molar-refractivity contribution in [2.75, 3.05) is 16.6 Å². The van der Waals surface area contributed by atoms with Crippen molar-refractivity contribution >= 4 is 63.9 Å². The smallest absolute Gasteiger partial charge is 0.296 e. The lowest BCUT2D eigenvalue weighted by Gasteiger charge is -2.13. The first-order chi connectivity index (χ1) is 20.9. The van der Waals surface area contributed by atoms with E-state index in [2.05, 4.69) is 15.8 Å². The second-order valence-electron chi connectivity index (χ2n) is 9.45. The normalized spacial score (nSPS) is 12.9. The standard InChI is InChI=1S/C26H19N5O11S3/c27-12-4-9-16(19(10-12)44(37,38)39)31-30-14-7-5-13(6-8-14)29-17-11-20(45(40,41)42)24(28)23-22(17)26(33)21-15(25(23)32)2-1-3-18(21)43(34,35)36/h1-11,28,30-31H,27H2,(H,34,35,36)(H,37,38,39)(H,40,41,42). The summed E-state index contributed by atoms with van der Waals surface area (Å²) < 4.78 is 101. The quantitative estimate of drug-likeness (QED) is 0.0709. The zero-order chi connectivity index (χ0) is 33.1. The number of nitrogens with zero attached hydrogens (tertiary/aromatic N) is 1. The largest absolute Gasteiger partial charge is 0.399 e. The van der Waals surface area contributed by atoms with Gasteiger partial charge in [-0.15, -0.1) is 0 Å². The van der Waals surface area contributed by atoms with Crippen LogP contribution in [0, 0.1) is 15.8 Å². The highest BCUT2D eigenvalue weighted by molar-refractivity contribution is 7.86. The number of hydrogen-bond acceptors (Lipinski definition) is 13. The third-order valence-electron chi connectivity index (χ3n) is 6.52. The summed E-state index contributed by atoms with van der Waals surface area (Å²) in [5, 5.41) is 4.16. The SMILES string of the molecule is N=c1c(S(=O)(=O)O)cc(=Nc2ccc(NNc3ccc(N)cc3S(=O)(=O)O)cc2)c2c(=O)c3c(S(=O)(=O)O)cccc3c(=O)c1=2. The predicted molar refractivity (Wildman–Crippen MR) is 159 cm³/mol. The van der Waals surface area contributed by atoms with E-state index in [0.717, 1.165) is 24.3 Å². The second kappa shape index (κ2) is 10.8. The van der Waals surface area contributed by atoms with Gasteiger partial charge in [-0.3, -0.25) is 34.1 Å². The van der Waals surface area contributed by atoms with Crippen molar-refractivity contribution in [3.63, 3.8) is 0 Å². The van der Waals surface area contributed by atoms with Gasteiger partial charge in [-0.05, 0) is 54.6 Å². The van der Waals surface area contributed by atoms with Crippen molar-refractivity contribution in [2.45, 2.75) is 14.7 Å². The van der Waals surface area contributed by atoms with Gasteiger partial charge >= 0.3 is 0 Å². The monoisotopic (exact) mass is 673 g/mol. The molecule has 16 nitrogen and oxygen atoms in total. The van der Waals surface area contributed by atoms with Crippen LogP contribution in [0.4, 0.5) is 22.7 Å². The molecule has 232 valence electrons. The predicted octanol–water partition coefficient (Wildman–Crippen LogP) is 0.634. The second-order valence-corrected chi connectivity index (χ2v) is 13.6. The van der Waals surface area contributed by atoms with Crippen molar-refractivity contribution in [1.82, 2.24) is 0 Å². The molecule has 19 heteroatoms. The summed E-state index contributed by atoms with van der Waals surface area (Å²) in [6, 6.07) is 12.9. The number of nitrogens with two attached hydrogens (primary N) is 1. The topological polar surface area (TPSA) is 284 Å². The third-order valence-corrected chi connectivity index (χ3v) is 9.19. The fourth-order valence-electron chi connectivity index (χ4n) is 4.58. The summed E-state index contributed by atoms with van der Waals surface area (Å²) in [5.74, 6) is 0. The summed E-state index contributed by atoms with van der Waals surface area (Å²) in [6.45, 7) is 0. The summed E-state index contributed by atoms with van der Waals surface area (Å²) in [7, 11) is -14.8. The summed E-state index contributed by atoms with van der Waals surface area (Å²) in [5.41, 5.74) is 9.00. The Balaban J connectivity index is 1.71. The Bertz CT molecular complexity index is 2690. The maximum atomic E-state index is 13.7. The van der Waals surface area contributed by atoms with E-state index in [1.54, 1.807) is 0 Å². The van der Waals surface area contributed by atoms with Crippen LogP contribution in [0.1, 0.15) is 0 Å². The number of benzene rings is 3. The average Bonchev–Trinajstić information content (AvgIpc) is 2.94. The van der Waals surface area contributed by atoms with E-state index in [9.17, 15) is 48.5 Å². The van der Waals surface area contributed by atoms with Gasteiger partial charge in [-0.2, -0.15) is 25.3 Å². The zero-order valence-electron chi connectivity index (χ0n) is 22.2. The lowest BCUT2D eigenvalue weighted by atomic mass is 10.0. The fourth-order valence-corrected chi connectivity index (χ4v) is 6.59. The van der Waals surface area contributed by atoms with Crippen molar-refractivity contribution in [3.05, 3.63) is 108 Å². The highest BCUT2D eigenvalue weighted by atomic mass is 32.2. The van der Waals surface area contributed by atoms with Crippen molar-refractivity contribution < 1.29 is 38.9 Å². The van der Waals surface area contributed by atoms with Gasteiger partial charge in [0.15, 0.2) is 10.9 Å². The fraction of sp³-hybridized carbons (Fsp3) is 0. The first-order valence-corrected chi connectivity index (χ1v) is 16.5. The average molecular weight is 674 g/mol. The lowest BCUT2D eigenvalue weighted by molar-refractivity contribution is 0.480. The molecule has 0 atom stereocenters. The molecule has 3 aromatic rings. The van der Waals surface area contributed by atoms with Gasteiger partial charge in [-0.25, -0.2) is 4.99 Å². The van der Waals surface area contributed by atoms with Crippen LogP contribution in [-0.2, 0) is 30.4 Å². The Hall–Kier alpha value is -5.05. The first-order valence-electron chi connectivity index (χ1n) is 12.2. The van der Waals surface area contributed by atoms with Crippen LogP contribution in [0.3, 0.4) is 0 Å². The molecule has 0 amide bonds. The molecule has 0 fully saturated rings. The summed E-state index contributed by atoms with van der Waals surface area (Å²) in [6.07, 6.45) is 0. The minimum absolute atomic E-state index is 0.0435. The molecule has 2 aliphatic carbocycles. The van der Waals surface area contributed by atoms with E-state index < -0.39 is 87.8 Å². The molecule has 0 spiro atoms. The van der Waals surface area contributed by atoms with E-state index in [1.165, 1.54) is 36.4 Å². The Labute approximate surface area is 252 Å². The molecule has 0 saturated carbocycles. The number of hydrogen-bond donors (Lipinski definition) is 7. The van der Waals surface area contributed by atoms with E-state index in [1.807, 2.05) is 0 Å². The number of nitrogen functional groups attached to an aromatic ring is 1. The molecule has 2 aliphatic rings. The summed E-state index contributed by atoms with van der Waals surface area (Å²) >= 11 is 0. The summed E-state index contributed by atoms with van der Waals surface area (Å²) in [4.78, 5) is 28.9. The molecule has 8 N–H and O–H groups in total. The van der Waals surface area contributed by atoms with Crippen LogP contribution in [-0.4, -0.2) is 38.9 Å². The number of rotatable bonds is 7. The van der Waals surface area contributed by atoms with Crippen molar-refractivity contribution in [2.24, 2.45) is 4.99 Å². The first kappa shape index (κ1) is 31.4. The Morgan fingerprint density at radius 2 is 1.31 bits per heavy atom. The molecule has 0 radical (unpaired) electrons. The lowest BCUT2D eigenvalue weighted by Crippen LogP contribution is -2.32. The maximum Gasteiger partial charge on any atom is 0.296 e. The van der Waals surface area contributed by atoms with Gasteiger partial charge in [0, 0.05) is 11.1 Å². The molecular weight excluding hydrogens is 655 g/mol. The third kappa shape index (κ3) is 5.90. The molecule has 0 bridgehead atoms. The Morgan fingerprint density at radius 1 is 0.689 bits per heavy atom. The van der Waals surface area contributed by atoms with Gasteiger partial charge in [-0.1, -0.05) is 12.1 Å². The van der Waals surface area contributed by atoms with Crippen LogP contribution < -0.4 is 38.2 Å². The van der Waals surface area contributed by atoms with Crippen LogP contribution in [0.15, 0.2) is 96.0 Å². The minimum atomic E-state index is -5.12. The van der Waals surface area contributed by atoms with E-state index in [-0.39, 0.29) is 17.1 Å². The maximum absolute atomic E-state index is 13.7. The highest BCUT2D eigenvalue weighted by Gasteiger charge is 2.23. The molecule has 0 aliphatic heterocycles. The van der Waals surface area contributed by atoms with Gasteiger partial charge in [0.05, 0.1) is 43.6 Å². The molecule has 0 heterocycles. The molecular formula is C26H19N5O11S3. The van der Waals surface area contributed by atoms with Crippen LogP contribution in [0.25, 0.3) is 10.8 Å². The highest BCUT2D eigenvalue weighted by Crippen LogP contribution is 2.25. The Kier molecular flexibility index (Phi) is 7.56. The number of nitrogens with one attached hydrogen (secondary N) is 3. The van der Waals surface area contributed by atoms with Gasteiger partial charge in [0.25, 0.3) is 30.4 Å². The Morgan fingerprint density at radius 3 is 1.91 bits per heavy atom. The number of anilines is 3. The van der Waals surface area contributed by atoms with Crippen molar-refractivity contribution in [3.8, 4) is 0 Å². The van der Waals surface area contributed by atoms with Crippen LogP contribution in [0.2, 0.25) is 0 Å². The van der Waals surface area contributed by atoms with E-state index >= 15 is 0 Å². The van der Waals surface area contributed by atoms with Crippen molar-refractivity contribution in [1.29, 1.82) is 5.41 Å². The number of fused-ring (bicyclic) bond motifs is 1. The van der Waals surface area contributed by atoms with E-state index in [0.29, 0.717) is 11.8 Å². The molecule has 0 saturated heterocycles. The molecule has 3 aromatic carbocycles. The van der Waals surface area contributed by atoms with E-state index in [4.69, 9.17) is 11.1 Å². The van der Waals surface area contributed by atoms with Gasteiger partial charge < -0.3 is 11.2 Å². The van der Waals surface area contributed by atoms with Crippen LogP contribution >= 0.6 is 0 Å². The number of hydrazine groups is 1. The molecule has 0 unspecified atom stereocenters.